The van der Waals surface area contributed by atoms with Crippen molar-refractivity contribution in [3.8, 4) is 0 Å². The highest BCUT2D eigenvalue weighted by Crippen LogP contribution is 2.24. The predicted molar refractivity (Wildman–Crippen MR) is 96.3 cm³/mol. The summed E-state index contributed by atoms with van der Waals surface area (Å²) in [7, 11) is 0. The highest BCUT2D eigenvalue weighted by Gasteiger charge is 2.27. The third-order valence-corrected chi connectivity index (χ3v) is 4.28. The Kier molecular flexibility index (Phi) is 4.38. The standard InChI is InChI=1S/C18H23N5O/c1-4-14-10-20-18(19)21-17(14)22-5-6-23(16(24)11-22)15-8-12(2)7-13(3)9-15/h7-10H,4-6,11H2,1-3H3,(H2,19,20,21). The lowest BCUT2D eigenvalue weighted by Crippen LogP contribution is -2.51. The number of nitrogen functional groups attached to an aromatic ring is 1. The van der Waals surface area contributed by atoms with Crippen LogP contribution in [-0.4, -0.2) is 35.5 Å². The van der Waals surface area contributed by atoms with Gasteiger partial charge in [0.15, 0.2) is 0 Å². The molecule has 0 bridgehead atoms. The topological polar surface area (TPSA) is 75.3 Å². The van der Waals surface area contributed by atoms with Crippen LogP contribution in [0.15, 0.2) is 24.4 Å². The molecular formula is C18H23N5O. The molecule has 24 heavy (non-hydrogen) atoms. The predicted octanol–water partition coefficient (Wildman–Crippen LogP) is 2.09. The fourth-order valence-corrected chi connectivity index (χ4v) is 3.17. The van der Waals surface area contributed by atoms with Crippen molar-refractivity contribution in [2.45, 2.75) is 27.2 Å². The van der Waals surface area contributed by atoms with E-state index in [1.165, 1.54) is 0 Å². The number of aryl methyl sites for hydroxylation is 3. The molecule has 0 radical (unpaired) electrons. The Balaban J connectivity index is 1.83. The number of aromatic nitrogens is 2. The van der Waals surface area contributed by atoms with Crippen molar-refractivity contribution in [3.05, 3.63) is 41.1 Å². The Hall–Kier alpha value is -2.63. The number of carbonyl (C=O) groups is 1. The monoisotopic (exact) mass is 325 g/mol. The highest BCUT2D eigenvalue weighted by molar-refractivity contribution is 5.97. The summed E-state index contributed by atoms with van der Waals surface area (Å²) < 4.78 is 0. The summed E-state index contributed by atoms with van der Waals surface area (Å²) in [5.41, 5.74) is 10.0. The minimum atomic E-state index is 0.0745. The number of nitrogens with zero attached hydrogens (tertiary/aromatic N) is 4. The average molecular weight is 325 g/mol. The van der Waals surface area contributed by atoms with Crippen molar-refractivity contribution >= 4 is 23.4 Å². The third-order valence-electron chi connectivity index (χ3n) is 4.28. The Morgan fingerprint density at radius 1 is 1.17 bits per heavy atom. The van der Waals surface area contributed by atoms with E-state index in [1.54, 1.807) is 6.20 Å². The first-order valence-corrected chi connectivity index (χ1v) is 8.23. The molecule has 1 aromatic heterocycles. The van der Waals surface area contributed by atoms with Crippen LogP contribution < -0.4 is 15.5 Å². The van der Waals surface area contributed by atoms with Crippen LogP contribution in [0.4, 0.5) is 17.5 Å². The van der Waals surface area contributed by atoms with E-state index in [-0.39, 0.29) is 11.9 Å². The average Bonchev–Trinajstić information content (AvgIpc) is 2.53. The highest BCUT2D eigenvalue weighted by atomic mass is 16.2. The number of hydrogen-bond acceptors (Lipinski definition) is 5. The minimum absolute atomic E-state index is 0.0745. The molecule has 126 valence electrons. The molecule has 6 nitrogen and oxygen atoms in total. The second kappa shape index (κ2) is 6.47. The first-order valence-electron chi connectivity index (χ1n) is 8.23. The number of carbonyl (C=O) groups excluding carboxylic acids is 1. The molecule has 1 aromatic carbocycles. The Bertz CT molecular complexity index is 754. The molecule has 2 heterocycles. The first kappa shape index (κ1) is 16.2. The minimum Gasteiger partial charge on any atom is -0.368 e. The van der Waals surface area contributed by atoms with Crippen LogP contribution in [0.1, 0.15) is 23.6 Å². The largest absolute Gasteiger partial charge is 0.368 e. The zero-order valence-electron chi connectivity index (χ0n) is 14.4. The smallest absolute Gasteiger partial charge is 0.246 e. The van der Waals surface area contributed by atoms with Crippen molar-refractivity contribution in [1.82, 2.24) is 9.97 Å². The van der Waals surface area contributed by atoms with E-state index < -0.39 is 0 Å². The summed E-state index contributed by atoms with van der Waals surface area (Å²) in [5, 5.41) is 0. The van der Waals surface area contributed by atoms with E-state index >= 15 is 0 Å². The van der Waals surface area contributed by atoms with Gasteiger partial charge < -0.3 is 15.5 Å². The Morgan fingerprint density at radius 3 is 2.50 bits per heavy atom. The molecule has 0 saturated carbocycles. The second-order valence-electron chi connectivity index (χ2n) is 6.24. The number of anilines is 3. The van der Waals surface area contributed by atoms with Gasteiger partial charge in [-0.1, -0.05) is 13.0 Å². The molecule has 1 saturated heterocycles. The fraction of sp³-hybridized carbons (Fsp3) is 0.389. The van der Waals surface area contributed by atoms with Gasteiger partial charge in [0.25, 0.3) is 0 Å². The quantitative estimate of drug-likeness (QED) is 0.935. The van der Waals surface area contributed by atoms with Crippen LogP contribution in [-0.2, 0) is 11.2 Å². The number of rotatable bonds is 3. The molecule has 6 heteroatoms. The normalized spacial score (nSPS) is 15.0. The van der Waals surface area contributed by atoms with Gasteiger partial charge in [-0.3, -0.25) is 4.79 Å². The molecule has 0 spiro atoms. The second-order valence-corrected chi connectivity index (χ2v) is 6.24. The van der Waals surface area contributed by atoms with E-state index in [2.05, 4.69) is 42.0 Å². The lowest BCUT2D eigenvalue weighted by molar-refractivity contribution is -0.117. The molecule has 1 fully saturated rings. The number of amides is 1. The van der Waals surface area contributed by atoms with Crippen LogP contribution in [0.5, 0.6) is 0 Å². The lowest BCUT2D eigenvalue weighted by Gasteiger charge is -2.36. The number of nitrogens with two attached hydrogens (primary N) is 1. The van der Waals surface area contributed by atoms with Gasteiger partial charge >= 0.3 is 0 Å². The van der Waals surface area contributed by atoms with Crippen molar-refractivity contribution in [3.63, 3.8) is 0 Å². The van der Waals surface area contributed by atoms with Gasteiger partial charge in [-0.05, 0) is 43.5 Å². The molecule has 1 aliphatic heterocycles. The van der Waals surface area contributed by atoms with Gasteiger partial charge in [0.05, 0.1) is 6.54 Å². The summed E-state index contributed by atoms with van der Waals surface area (Å²) in [6, 6.07) is 6.23. The van der Waals surface area contributed by atoms with Gasteiger partial charge in [-0.2, -0.15) is 4.98 Å². The van der Waals surface area contributed by atoms with Gasteiger partial charge in [0, 0.05) is 30.5 Å². The summed E-state index contributed by atoms with van der Waals surface area (Å²) >= 11 is 0. The van der Waals surface area contributed by atoms with Crippen molar-refractivity contribution in [2.24, 2.45) is 0 Å². The van der Waals surface area contributed by atoms with Crippen LogP contribution in [0.25, 0.3) is 0 Å². The molecule has 2 N–H and O–H groups in total. The summed E-state index contributed by atoms with van der Waals surface area (Å²) in [5.74, 6) is 1.09. The number of benzene rings is 1. The zero-order chi connectivity index (χ0) is 17.3. The molecule has 0 atom stereocenters. The van der Waals surface area contributed by atoms with Crippen LogP contribution in [0.3, 0.4) is 0 Å². The molecule has 1 aliphatic rings. The van der Waals surface area contributed by atoms with Gasteiger partial charge in [-0.25, -0.2) is 4.98 Å². The third kappa shape index (κ3) is 3.18. The number of piperazine rings is 1. The summed E-state index contributed by atoms with van der Waals surface area (Å²) in [6.07, 6.45) is 2.56. The maximum absolute atomic E-state index is 12.7. The van der Waals surface area contributed by atoms with E-state index in [0.717, 1.165) is 41.2 Å². The van der Waals surface area contributed by atoms with E-state index in [0.29, 0.717) is 13.1 Å². The Morgan fingerprint density at radius 2 is 1.88 bits per heavy atom. The van der Waals surface area contributed by atoms with Crippen molar-refractivity contribution < 1.29 is 4.79 Å². The van der Waals surface area contributed by atoms with E-state index in [9.17, 15) is 4.79 Å². The molecule has 3 rings (SSSR count). The maximum Gasteiger partial charge on any atom is 0.246 e. The van der Waals surface area contributed by atoms with Gasteiger partial charge in [0.1, 0.15) is 5.82 Å². The maximum atomic E-state index is 12.7. The lowest BCUT2D eigenvalue weighted by atomic mass is 10.1. The molecule has 0 unspecified atom stereocenters. The zero-order valence-corrected chi connectivity index (χ0v) is 14.4. The molecule has 0 aliphatic carbocycles. The first-order chi connectivity index (χ1) is 11.5. The van der Waals surface area contributed by atoms with Gasteiger partial charge in [-0.15, -0.1) is 0 Å². The van der Waals surface area contributed by atoms with Crippen molar-refractivity contribution in [1.29, 1.82) is 0 Å². The van der Waals surface area contributed by atoms with Crippen molar-refractivity contribution in [2.75, 3.05) is 35.2 Å². The summed E-state index contributed by atoms with van der Waals surface area (Å²) in [4.78, 5) is 24.9. The van der Waals surface area contributed by atoms with E-state index in [1.807, 2.05) is 16.7 Å². The molecular weight excluding hydrogens is 302 g/mol. The molecule has 2 aromatic rings. The Labute approximate surface area is 142 Å². The molecule has 1 amide bonds. The van der Waals surface area contributed by atoms with E-state index in [4.69, 9.17) is 5.73 Å². The van der Waals surface area contributed by atoms with Crippen LogP contribution in [0, 0.1) is 13.8 Å². The SMILES string of the molecule is CCc1cnc(N)nc1N1CCN(c2cc(C)cc(C)c2)C(=O)C1. The van der Waals surface area contributed by atoms with Gasteiger partial charge in [0.2, 0.25) is 11.9 Å². The van der Waals surface area contributed by atoms with Crippen LogP contribution >= 0.6 is 0 Å². The summed E-state index contributed by atoms with van der Waals surface area (Å²) in [6.45, 7) is 7.81. The fourth-order valence-electron chi connectivity index (χ4n) is 3.17. The number of hydrogen-bond donors (Lipinski definition) is 1. The van der Waals surface area contributed by atoms with Crippen LogP contribution in [0.2, 0.25) is 0 Å².